The number of rotatable bonds is 7. The molecule has 4 aromatic rings. The first-order chi connectivity index (χ1) is 14.8. The van der Waals surface area contributed by atoms with E-state index in [-0.39, 0.29) is 0 Å². The lowest BCUT2D eigenvalue weighted by Gasteiger charge is -2.29. The maximum atomic E-state index is 5.88. The Bertz CT molecular complexity index is 1070. The second-order valence-corrected chi connectivity index (χ2v) is 10.7. The lowest BCUT2D eigenvalue weighted by Crippen LogP contribution is -2.34. The highest BCUT2D eigenvalue weighted by Crippen LogP contribution is 2.58. The van der Waals surface area contributed by atoms with Gasteiger partial charge in [0.15, 0.2) is 0 Å². The molecule has 0 N–H and O–H groups in total. The van der Waals surface area contributed by atoms with Crippen LogP contribution in [0.25, 0.3) is 11.1 Å². The van der Waals surface area contributed by atoms with Crippen LogP contribution < -0.4 is 20.7 Å². The second-order valence-electron chi connectivity index (χ2n) is 7.17. The molecule has 0 atom stereocenters. The summed E-state index contributed by atoms with van der Waals surface area (Å²) in [4.78, 5) is 0. The van der Waals surface area contributed by atoms with Gasteiger partial charge in [0.25, 0.3) is 0 Å². The molecule has 0 aliphatic rings. The SMILES string of the molecule is C=CC[P+](c1ccccc1)(c1ccccc1)c1cccc(OC)c1-c1ccccc1. The van der Waals surface area contributed by atoms with Crippen LogP contribution in [-0.4, -0.2) is 13.3 Å². The Labute approximate surface area is 180 Å². The Hall–Kier alpha value is -3.15. The zero-order chi connectivity index (χ0) is 20.8. The number of hydrogen-bond acceptors (Lipinski definition) is 1. The Morgan fingerprint density at radius 2 is 1.23 bits per heavy atom. The van der Waals surface area contributed by atoms with Crippen molar-refractivity contribution in [2.24, 2.45) is 0 Å². The Morgan fingerprint density at radius 1 is 0.700 bits per heavy atom. The van der Waals surface area contributed by atoms with E-state index in [9.17, 15) is 0 Å². The van der Waals surface area contributed by atoms with E-state index in [0.717, 1.165) is 11.9 Å². The van der Waals surface area contributed by atoms with E-state index in [1.807, 2.05) is 0 Å². The predicted molar refractivity (Wildman–Crippen MR) is 132 cm³/mol. The molecule has 4 aromatic carbocycles. The van der Waals surface area contributed by atoms with Crippen molar-refractivity contribution >= 4 is 23.2 Å². The normalized spacial score (nSPS) is 11.1. The van der Waals surface area contributed by atoms with Crippen LogP contribution in [0.4, 0.5) is 0 Å². The summed E-state index contributed by atoms with van der Waals surface area (Å²) in [5.74, 6) is 0.902. The van der Waals surface area contributed by atoms with Crippen molar-refractivity contribution in [2.75, 3.05) is 13.3 Å². The van der Waals surface area contributed by atoms with Gasteiger partial charge in [0.05, 0.1) is 18.8 Å². The molecular weight excluding hydrogens is 383 g/mol. The van der Waals surface area contributed by atoms with Crippen LogP contribution in [0.5, 0.6) is 5.75 Å². The topological polar surface area (TPSA) is 9.23 Å². The molecular formula is C28H26OP+. The van der Waals surface area contributed by atoms with Gasteiger partial charge in [-0.3, -0.25) is 0 Å². The molecule has 0 saturated heterocycles. The first-order valence-corrected chi connectivity index (χ1v) is 12.1. The van der Waals surface area contributed by atoms with Gasteiger partial charge in [-0.25, -0.2) is 0 Å². The Balaban J connectivity index is 2.13. The van der Waals surface area contributed by atoms with Gasteiger partial charge in [-0.2, -0.15) is 0 Å². The second kappa shape index (κ2) is 9.11. The van der Waals surface area contributed by atoms with Crippen LogP contribution in [-0.2, 0) is 0 Å². The average molecular weight is 409 g/mol. The molecule has 0 bridgehead atoms. The molecule has 0 unspecified atom stereocenters. The van der Waals surface area contributed by atoms with Crippen molar-refractivity contribution < 1.29 is 4.74 Å². The summed E-state index contributed by atoms with van der Waals surface area (Å²) < 4.78 is 5.88. The van der Waals surface area contributed by atoms with Crippen LogP contribution in [0, 0.1) is 0 Å². The predicted octanol–water partition coefficient (Wildman–Crippen LogP) is 5.84. The van der Waals surface area contributed by atoms with Gasteiger partial charge in [0.1, 0.15) is 28.9 Å². The van der Waals surface area contributed by atoms with Gasteiger partial charge in [0.2, 0.25) is 0 Å². The van der Waals surface area contributed by atoms with Crippen molar-refractivity contribution in [3.8, 4) is 16.9 Å². The zero-order valence-corrected chi connectivity index (χ0v) is 18.1. The third kappa shape index (κ3) is 3.58. The van der Waals surface area contributed by atoms with Gasteiger partial charge in [-0.1, -0.05) is 85.5 Å². The van der Waals surface area contributed by atoms with Crippen LogP contribution in [0.15, 0.2) is 122 Å². The van der Waals surface area contributed by atoms with Crippen LogP contribution in [0.3, 0.4) is 0 Å². The summed E-state index contributed by atoms with van der Waals surface area (Å²) in [7, 11) is -0.240. The third-order valence-corrected chi connectivity index (χ3v) is 9.86. The fraction of sp³-hybridized carbons (Fsp3) is 0.0714. The molecule has 0 aliphatic heterocycles. The van der Waals surface area contributed by atoms with Crippen molar-refractivity contribution in [2.45, 2.75) is 0 Å². The fourth-order valence-electron chi connectivity index (χ4n) is 4.20. The number of benzene rings is 4. The smallest absolute Gasteiger partial charge is 0.130 e. The van der Waals surface area contributed by atoms with Gasteiger partial charge >= 0.3 is 0 Å². The van der Waals surface area contributed by atoms with Gasteiger partial charge in [-0.05, 0) is 42.0 Å². The number of allylic oxidation sites excluding steroid dienone is 1. The molecule has 148 valence electrons. The molecule has 0 amide bonds. The Morgan fingerprint density at radius 3 is 1.73 bits per heavy atom. The van der Waals surface area contributed by atoms with E-state index in [1.54, 1.807) is 7.11 Å². The summed E-state index contributed by atoms with van der Waals surface area (Å²) in [6.07, 6.45) is 2.95. The van der Waals surface area contributed by atoms with E-state index in [4.69, 9.17) is 4.74 Å². The molecule has 2 heteroatoms. The minimum atomic E-state index is -1.99. The highest BCUT2D eigenvalue weighted by atomic mass is 31.2. The number of ether oxygens (including phenoxy) is 1. The molecule has 30 heavy (non-hydrogen) atoms. The fourth-order valence-corrected chi connectivity index (χ4v) is 8.38. The summed E-state index contributed by atoms with van der Waals surface area (Å²) in [5.41, 5.74) is 2.34. The van der Waals surface area contributed by atoms with Crippen molar-refractivity contribution in [3.63, 3.8) is 0 Å². The third-order valence-electron chi connectivity index (χ3n) is 5.49. The van der Waals surface area contributed by atoms with Crippen LogP contribution in [0.2, 0.25) is 0 Å². The first-order valence-electron chi connectivity index (χ1n) is 10.1. The summed E-state index contributed by atoms with van der Waals surface area (Å²) in [6.45, 7) is 4.16. The first kappa shape index (κ1) is 20.1. The van der Waals surface area contributed by atoms with E-state index < -0.39 is 7.26 Å². The molecule has 0 spiro atoms. The molecule has 0 saturated carbocycles. The van der Waals surface area contributed by atoms with Crippen molar-refractivity contribution in [1.82, 2.24) is 0 Å². The number of methoxy groups -OCH3 is 1. The molecule has 1 nitrogen and oxygen atoms in total. The van der Waals surface area contributed by atoms with Crippen molar-refractivity contribution in [3.05, 3.63) is 122 Å². The maximum Gasteiger partial charge on any atom is 0.130 e. The zero-order valence-electron chi connectivity index (χ0n) is 17.2. The quantitative estimate of drug-likeness (QED) is 0.275. The summed E-state index contributed by atoms with van der Waals surface area (Å²) in [6, 6.07) is 38.8. The van der Waals surface area contributed by atoms with E-state index in [0.29, 0.717) is 0 Å². The molecule has 0 aromatic heterocycles. The molecule has 0 heterocycles. The van der Waals surface area contributed by atoms with Crippen LogP contribution >= 0.6 is 7.26 Å². The van der Waals surface area contributed by atoms with E-state index in [2.05, 4.69) is 122 Å². The highest BCUT2D eigenvalue weighted by molar-refractivity contribution is 7.96. The molecule has 4 rings (SSSR count). The lowest BCUT2D eigenvalue weighted by molar-refractivity contribution is 0.417. The van der Waals surface area contributed by atoms with Gasteiger partial charge in [-0.15, -0.1) is 0 Å². The van der Waals surface area contributed by atoms with Gasteiger partial charge < -0.3 is 4.74 Å². The Kier molecular flexibility index (Phi) is 6.12. The molecule has 0 radical (unpaired) electrons. The molecule has 0 aliphatic carbocycles. The summed E-state index contributed by atoms with van der Waals surface area (Å²) >= 11 is 0. The monoisotopic (exact) mass is 409 g/mol. The highest BCUT2D eigenvalue weighted by Gasteiger charge is 2.46. The van der Waals surface area contributed by atoms with E-state index in [1.165, 1.54) is 27.0 Å². The minimum Gasteiger partial charge on any atom is -0.496 e. The minimum absolute atomic E-state index is 0.883. The standard InChI is InChI=1S/C28H26OP/c1-3-22-30(24-16-9-5-10-17-24,25-18-11-6-12-19-25)27-21-13-20-26(29-2)28(27)23-14-7-4-8-15-23/h3-21H,1,22H2,2H3/q+1. The van der Waals surface area contributed by atoms with E-state index >= 15 is 0 Å². The molecule has 0 fully saturated rings. The lowest BCUT2D eigenvalue weighted by atomic mass is 10.0. The largest absolute Gasteiger partial charge is 0.496 e. The van der Waals surface area contributed by atoms with Crippen molar-refractivity contribution in [1.29, 1.82) is 0 Å². The maximum absolute atomic E-state index is 5.88. The summed E-state index contributed by atoms with van der Waals surface area (Å²) in [5, 5.41) is 4.02. The van der Waals surface area contributed by atoms with Crippen LogP contribution in [0.1, 0.15) is 0 Å². The van der Waals surface area contributed by atoms with Gasteiger partial charge in [0, 0.05) is 0 Å². The average Bonchev–Trinajstić information content (AvgIpc) is 2.83. The number of hydrogen-bond donors (Lipinski definition) is 0.